The van der Waals surface area contributed by atoms with Gasteiger partial charge in [0, 0.05) is 24.5 Å². The summed E-state index contributed by atoms with van der Waals surface area (Å²) >= 11 is 1.59. The molecule has 22 heavy (non-hydrogen) atoms. The Morgan fingerprint density at radius 3 is 2.59 bits per heavy atom. The number of carbonyl (C=O) groups is 3. The van der Waals surface area contributed by atoms with Gasteiger partial charge in [0.05, 0.1) is 17.7 Å². The number of rotatable bonds is 3. The predicted molar refractivity (Wildman–Crippen MR) is 83.0 cm³/mol. The van der Waals surface area contributed by atoms with Gasteiger partial charge < -0.3 is 4.90 Å². The molecule has 6 heteroatoms. The van der Waals surface area contributed by atoms with Crippen molar-refractivity contribution in [1.29, 1.82) is 0 Å². The van der Waals surface area contributed by atoms with E-state index in [1.165, 1.54) is 13.1 Å². The van der Waals surface area contributed by atoms with Crippen LogP contribution >= 0.6 is 11.3 Å². The van der Waals surface area contributed by atoms with Crippen LogP contribution in [-0.4, -0.2) is 41.6 Å². The Labute approximate surface area is 131 Å². The molecule has 0 saturated carbocycles. The second-order valence-electron chi connectivity index (χ2n) is 5.17. The zero-order chi connectivity index (χ0) is 15.9. The quantitative estimate of drug-likeness (QED) is 0.817. The third kappa shape index (κ3) is 2.31. The molecule has 1 aromatic heterocycles. The van der Waals surface area contributed by atoms with Crippen molar-refractivity contribution in [2.24, 2.45) is 0 Å². The van der Waals surface area contributed by atoms with Crippen molar-refractivity contribution in [2.45, 2.75) is 6.54 Å². The average Bonchev–Trinajstić information content (AvgIpc) is 3.10. The maximum Gasteiger partial charge on any atom is 0.261 e. The molecule has 0 radical (unpaired) electrons. The molecule has 1 aromatic carbocycles. The van der Waals surface area contributed by atoms with Gasteiger partial charge in [-0.25, -0.2) is 0 Å². The molecule has 1 aliphatic heterocycles. The molecule has 0 fully saturated rings. The first-order chi connectivity index (χ1) is 10.5. The van der Waals surface area contributed by atoms with Gasteiger partial charge in [-0.2, -0.15) is 0 Å². The molecule has 2 aromatic rings. The average molecular weight is 314 g/mol. The Morgan fingerprint density at radius 1 is 1.18 bits per heavy atom. The van der Waals surface area contributed by atoms with E-state index >= 15 is 0 Å². The lowest BCUT2D eigenvalue weighted by atomic mass is 10.0. The van der Waals surface area contributed by atoms with Crippen LogP contribution in [0.15, 0.2) is 35.7 Å². The van der Waals surface area contributed by atoms with Crippen LogP contribution in [-0.2, 0) is 6.54 Å². The van der Waals surface area contributed by atoms with Crippen LogP contribution in [0.1, 0.15) is 36.0 Å². The van der Waals surface area contributed by atoms with Gasteiger partial charge >= 0.3 is 0 Å². The molecule has 3 amide bonds. The second kappa shape index (κ2) is 5.38. The Morgan fingerprint density at radius 2 is 1.91 bits per heavy atom. The molecule has 0 spiro atoms. The molecule has 0 unspecified atom stereocenters. The lowest BCUT2D eigenvalue weighted by molar-refractivity contribution is 0.0692. The molecule has 0 bridgehead atoms. The SMILES string of the molecule is CN(Cc1cccs1)C(=O)c1ccc2c(c1)C(=O)N(C)C2=O. The van der Waals surface area contributed by atoms with Crippen LogP contribution < -0.4 is 0 Å². The smallest absolute Gasteiger partial charge is 0.261 e. The zero-order valence-corrected chi connectivity index (χ0v) is 13.0. The standard InChI is InChI=1S/C16H14N2O3S/c1-17(9-11-4-3-7-22-11)14(19)10-5-6-12-13(8-10)16(21)18(2)15(12)20/h3-8H,9H2,1-2H3. The molecule has 2 heterocycles. The van der Waals surface area contributed by atoms with Crippen molar-refractivity contribution >= 4 is 29.1 Å². The van der Waals surface area contributed by atoms with Crippen molar-refractivity contribution in [3.63, 3.8) is 0 Å². The summed E-state index contributed by atoms with van der Waals surface area (Å²) in [6.45, 7) is 0.514. The summed E-state index contributed by atoms with van der Waals surface area (Å²) in [6.07, 6.45) is 0. The molecule has 0 atom stereocenters. The molecular formula is C16H14N2O3S. The van der Waals surface area contributed by atoms with Crippen LogP contribution in [0.3, 0.4) is 0 Å². The Hall–Kier alpha value is -2.47. The summed E-state index contributed by atoms with van der Waals surface area (Å²) in [5, 5.41) is 1.96. The number of imide groups is 1. The number of hydrogen-bond acceptors (Lipinski definition) is 4. The minimum Gasteiger partial charge on any atom is -0.337 e. The fraction of sp³-hybridized carbons (Fsp3) is 0.188. The van der Waals surface area contributed by atoms with E-state index in [0.717, 1.165) is 9.78 Å². The molecule has 3 rings (SSSR count). The Bertz CT molecular complexity index is 768. The summed E-state index contributed by atoms with van der Waals surface area (Å²) in [7, 11) is 3.16. The lowest BCUT2D eigenvalue weighted by Gasteiger charge is -2.16. The normalized spacial score (nSPS) is 13.5. The highest BCUT2D eigenvalue weighted by Crippen LogP contribution is 2.23. The number of thiophene rings is 1. The van der Waals surface area contributed by atoms with Gasteiger partial charge in [0.25, 0.3) is 17.7 Å². The molecule has 0 aliphatic carbocycles. The van der Waals surface area contributed by atoms with Gasteiger partial charge in [0.1, 0.15) is 0 Å². The number of nitrogens with zero attached hydrogens (tertiary/aromatic N) is 2. The summed E-state index contributed by atoms with van der Waals surface area (Å²) in [4.78, 5) is 40.0. The molecule has 0 saturated heterocycles. The highest BCUT2D eigenvalue weighted by molar-refractivity contribution is 7.09. The van der Waals surface area contributed by atoms with Crippen LogP contribution in [0.25, 0.3) is 0 Å². The number of benzene rings is 1. The number of amides is 3. The van der Waals surface area contributed by atoms with Crippen molar-refractivity contribution in [3.8, 4) is 0 Å². The Kier molecular flexibility index (Phi) is 3.54. The third-order valence-corrected chi connectivity index (χ3v) is 4.52. The third-order valence-electron chi connectivity index (χ3n) is 3.66. The van der Waals surface area contributed by atoms with Gasteiger partial charge in [-0.05, 0) is 29.6 Å². The highest BCUT2D eigenvalue weighted by Gasteiger charge is 2.33. The highest BCUT2D eigenvalue weighted by atomic mass is 32.1. The van der Waals surface area contributed by atoms with Crippen molar-refractivity contribution in [3.05, 3.63) is 57.3 Å². The minimum atomic E-state index is -0.365. The summed E-state index contributed by atoms with van der Waals surface area (Å²) in [5.74, 6) is -0.868. The second-order valence-corrected chi connectivity index (χ2v) is 6.20. The Balaban J connectivity index is 1.86. The van der Waals surface area contributed by atoms with E-state index in [4.69, 9.17) is 0 Å². The first-order valence-electron chi connectivity index (χ1n) is 6.73. The van der Waals surface area contributed by atoms with E-state index in [2.05, 4.69) is 0 Å². The van der Waals surface area contributed by atoms with Crippen LogP contribution in [0, 0.1) is 0 Å². The molecule has 5 nitrogen and oxygen atoms in total. The van der Waals surface area contributed by atoms with E-state index in [1.807, 2.05) is 17.5 Å². The zero-order valence-electron chi connectivity index (χ0n) is 12.2. The van der Waals surface area contributed by atoms with E-state index < -0.39 is 0 Å². The summed E-state index contributed by atoms with van der Waals surface area (Å²) < 4.78 is 0. The molecular weight excluding hydrogens is 300 g/mol. The van der Waals surface area contributed by atoms with Gasteiger partial charge in [0.2, 0.25) is 0 Å². The minimum absolute atomic E-state index is 0.175. The first-order valence-corrected chi connectivity index (χ1v) is 7.61. The van der Waals surface area contributed by atoms with E-state index in [0.29, 0.717) is 23.2 Å². The monoisotopic (exact) mass is 314 g/mol. The van der Waals surface area contributed by atoms with Crippen molar-refractivity contribution in [1.82, 2.24) is 9.80 Å². The van der Waals surface area contributed by atoms with E-state index in [9.17, 15) is 14.4 Å². The van der Waals surface area contributed by atoms with Crippen LogP contribution in [0.4, 0.5) is 0 Å². The van der Waals surface area contributed by atoms with E-state index in [1.54, 1.807) is 35.4 Å². The fourth-order valence-electron chi connectivity index (χ4n) is 2.42. The van der Waals surface area contributed by atoms with E-state index in [-0.39, 0.29) is 17.7 Å². The van der Waals surface area contributed by atoms with Crippen LogP contribution in [0.2, 0.25) is 0 Å². The van der Waals surface area contributed by atoms with Gasteiger partial charge in [-0.15, -0.1) is 11.3 Å². The summed E-state index contributed by atoms with van der Waals surface area (Å²) in [5.41, 5.74) is 1.06. The maximum atomic E-state index is 12.5. The van der Waals surface area contributed by atoms with Gasteiger partial charge in [-0.1, -0.05) is 6.07 Å². The largest absolute Gasteiger partial charge is 0.337 e. The lowest BCUT2D eigenvalue weighted by Crippen LogP contribution is -2.26. The first kappa shape index (κ1) is 14.5. The molecule has 1 aliphatic rings. The molecule has 112 valence electrons. The van der Waals surface area contributed by atoms with Gasteiger partial charge in [0.15, 0.2) is 0 Å². The maximum absolute atomic E-state index is 12.5. The summed E-state index contributed by atoms with van der Waals surface area (Å²) in [6, 6.07) is 8.55. The van der Waals surface area contributed by atoms with Gasteiger partial charge in [-0.3, -0.25) is 19.3 Å². The number of hydrogen-bond donors (Lipinski definition) is 0. The topological polar surface area (TPSA) is 57.7 Å². The van der Waals surface area contributed by atoms with Crippen LogP contribution in [0.5, 0.6) is 0 Å². The molecule has 0 N–H and O–H groups in total. The number of fused-ring (bicyclic) bond motifs is 1. The van der Waals surface area contributed by atoms with Crippen molar-refractivity contribution < 1.29 is 14.4 Å². The number of carbonyl (C=O) groups excluding carboxylic acids is 3. The fourth-order valence-corrected chi connectivity index (χ4v) is 3.18. The predicted octanol–water partition coefficient (Wildman–Crippen LogP) is 2.25. The van der Waals surface area contributed by atoms with Crippen molar-refractivity contribution in [2.75, 3.05) is 14.1 Å².